The third kappa shape index (κ3) is 4.52. The Kier molecular flexibility index (Phi) is 5.56. The normalized spacial score (nSPS) is 14.2. The van der Waals surface area contributed by atoms with Gasteiger partial charge in [0.15, 0.2) is 0 Å². The van der Waals surface area contributed by atoms with Crippen molar-refractivity contribution >= 4 is 6.03 Å². The highest BCUT2D eigenvalue weighted by Crippen LogP contribution is 2.14. The second-order valence-corrected chi connectivity index (χ2v) is 5.67. The van der Waals surface area contributed by atoms with Crippen LogP contribution in [0.15, 0.2) is 4.52 Å². The van der Waals surface area contributed by atoms with Crippen LogP contribution in [0.4, 0.5) is 4.79 Å². The molecule has 1 aromatic rings. The number of aromatic nitrogens is 1. The lowest BCUT2D eigenvalue weighted by atomic mass is 9.93. The third-order valence-electron chi connectivity index (χ3n) is 3.69. The van der Waals surface area contributed by atoms with Gasteiger partial charge in [-0.3, -0.25) is 0 Å². The van der Waals surface area contributed by atoms with Crippen molar-refractivity contribution in [2.45, 2.75) is 46.6 Å². The van der Waals surface area contributed by atoms with Crippen LogP contribution < -0.4 is 10.6 Å². The first-order valence-corrected chi connectivity index (χ1v) is 6.90. The number of amides is 2. The molecule has 0 aliphatic carbocycles. The molecule has 20 heavy (non-hydrogen) atoms. The maximum Gasteiger partial charge on any atom is 0.314 e. The molecule has 1 aromatic heterocycles. The number of nitrogens with zero attached hydrogens (tertiary/aromatic N) is 1. The van der Waals surface area contributed by atoms with E-state index >= 15 is 0 Å². The second kappa shape index (κ2) is 6.74. The van der Waals surface area contributed by atoms with Gasteiger partial charge < -0.3 is 20.3 Å². The van der Waals surface area contributed by atoms with Crippen molar-refractivity contribution in [2.24, 2.45) is 5.92 Å². The Morgan fingerprint density at radius 2 is 2.05 bits per heavy atom. The average molecular weight is 283 g/mol. The fourth-order valence-electron chi connectivity index (χ4n) is 1.69. The molecular formula is C14H25N3O3. The molecule has 2 amide bonds. The average Bonchev–Trinajstić information content (AvgIpc) is 2.68. The number of hydrogen-bond donors (Lipinski definition) is 3. The molecule has 0 bridgehead atoms. The zero-order chi connectivity index (χ0) is 15.3. The van der Waals surface area contributed by atoms with Crippen LogP contribution in [-0.4, -0.2) is 35.0 Å². The molecule has 0 aliphatic rings. The van der Waals surface area contributed by atoms with E-state index in [1.807, 2.05) is 27.7 Å². The number of nitrogens with one attached hydrogen (secondary N) is 2. The molecule has 114 valence electrons. The van der Waals surface area contributed by atoms with Gasteiger partial charge in [-0.05, 0) is 33.1 Å². The standard InChI is InChI=1S/C14H25N3O3/c1-9(2)14(5,19)8-16-13(18)15-7-6-12-10(3)17-20-11(12)4/h9,19H,6-8H2,1-5H3,(H2,15,16,18). The first kappa shape index (κ1) is 16.5. The molecule has 6 heteroatoms. The van der Waals surface area contributed by atoms with Crippen LogP contribution >= 0.6 is 0 Å². The summed E-state index contributed by atoms with van der Waals surface area (Å²) in [5.74, 6) is 0.859. The molecule has 0 spiro atoms. The predicted molar refractivity (Wildman–Crippen MR) is 76.5 cm³/mol. The number of carbonyl (C=O) groups excluding carboxylic acids is 1. The lowest BCUT2D eigenvalue weighted by Crippen LogP contribution is -2.47. The number of rotatable bonds is 6. The lowest BCUT2D eigenvalue weighted by Gasteiger charge is -2.27. The zero-order valence-corrected chi connectivity index (χ0v) is 12.9. The van der Waals surface area contributed by atoms with E-state index in [9.17, 15) is 9.90 Å². The highest BCUT2D eigenvalue weighted by Gasteiger charge is 2.25. The Bertz CT molecular complexity index is 433. The van der Waals surface area contributed by atoms with Crippen molar-refractivity contribution in [3.05, 3.63) is 17.0 Å². The molecule has 0 fully saturated rings. The van der Waals surface area contributed by atoms with Gasteiger partial charge in [-0.2, -0.15) is 0 Å². The summed E-state index contributed by atoms with van der Waals surface area (Å²) in [4.78, 5) is 11.6. The molecule has 1 rings (SSSR count). The Balaban J connectivity index is 2.31. The molecule has 0 radical (unpaired) electrons. The van der Waals surface area contributed by atoms with E-state index in [-0.39, 0.29) is 18.5 Å². The molecule has 6 nitrogen and oxygen atoms in total. The fraction of sp³-hybridized carbons (Fsp3) is 0.714. The fourth-order valence-corrected chi connectivity index (χ4v) is 1.69. The lowest BCUT2D eigenvalue weighted by molar-refractivity contribution is 0.0166. The van der Waals surface area contributed by atoms with E-state index in [4.69, 9.17) is 4.52 Å². The van der Waals surface area contributed by atoms with E-state index in [0.29, 0.717) is 13.0 Å². The van der Waals surface area contributed by atoms with Crippen molar-refractivity contribution in [1.29, 1.82) is 0 Å². The largest absolute Gasteiger partial charge is 0.388 e. The Morgan fingerprint density at radius 3 is 2.55 bits per heavy atom. The maximum atomic E-state index is 11.6. The van der Waals surface area contributed by atoms with Crippen molar-refractivity contribution in [3.63, 3.8) is 0 Å². The van der Waals surface area contributed by atoms with Crippen LogP contribution in [0.3, 0.4) is 0 Å². The van der Waals surface area contributed by atoms with Crippen molar-refractivity contribution in [2.75, 3.05) is 13.1 Å². The van der Waals surface area contributed by atoms with E-state index < -0.39 is 5.60 Å². The van der Waals surface area contributed by atoms with Crippen LogP contribution in [0, 0.1) is 19.8 Å². The minimum Gasteiger partial charge on any atom is -0.388 e. The van der Waals surface area contributed by atoms with Crippen molar-refractivity contribution in [3.8, 4) is 0 Å². The minimum absolute atomic E-state index is 0.0742. The summed E-state index contributed by atoms with van der Waals surface area (Å²) in [6, 6.07) is -0.280. The van der Waals surface area contributed by atoms with Gasteiger partial charge in [0.2, 0.25) is 0 Å². The van der Waals surface area contributed by atoms with E-state index in [2.05, 4.69) is 15.8 Å². The van der Waals surface area contributed by atoms with E-state index in [1.165, 1.54) is 0 Å². The van der Waals surface area contributed by atoms with E-state index in [0.717, 1.165) is 17.0 Å². The van der Waals surface area contributed by atoms with Crippen molar-refractivity contribution in [1.82, 2.24) is 15.8 Å². The number of urea groups is 1. The van der Waals surface area contributed by atoms with Crippen LogP contribution in [0.1, 0.15) is 37.8 Å². The molecule has 1 unspecified atom stereocenters. The molecule has 3 N–H and O–H groups in total. The summed E-state index contributed by atoms with van der Waals surface area (Å²) in [5.41, 5.74) is 0.978. The van der Waals surface area contributed by atoms with Gasteiger partial charge in [-0.1, -0.05) is 19.0 Å². The number of aryl methyl sites for hydroxylation is 2. The summed E-state index contributed by atoms with van der Waals surface area (Å²) < 4.78 is 5.06. The van der Waals surface area contributed by atoms with Crippen molar-refractivity contribution < 1.29 is 14.4 Å². The summed E-state index contributed by atoms with van der Waals surface area (Å²) in [6.45, 7) is 10.00. The smallest absolute Gasteiger partial charge is 0.314 e. The first-order chi connectivity index (χ1) is 9.24. The molecule has 0 aromatic carbocycles. The monoisotopic (exact) mass is 283 g/mol. The van der Waals surface area contributed by atoms with Gasteiger partial charge in [0.1, 0.15) is 5.76 Å². The SMILES string of the molecule is Cc1noc(C)c1CCNC(=O)NCC(C)(O)C(C)C. The highest BCUT2D eigenvalue weighted by atomic mass is 16.5. The number of aliphatic hydroxyl groups is 1. The molecule has 1 atom stereocenters. The third-order valence-corrected chi connectivity index (χ3v) is 3.69. The van der Waals surface area contributed by atoms with Crippen LogP contribution in [-0.2, 0) is 6.42 Å². The summed E-state index contributed by atoms with van der Waals surface area (Å²) in [7, 11) is 0. The van der Waals surface area contributed by atoms with Crippen LogP contribution in [0.2, 0.25) is 0 Å². The minimum atomic E-state index is -0.904. The van der Waals surface area contributed by atoms with Gasteiger partial charge in [0.25, 0.3) is 0 Å². The molecular weight excluding hydrogens is 258 g/mol. The van der Waals surface area contributed by atoms with Gasteiger partial charge in [0.05, 0.1) is 11.3 Å². The Labute approximate surface area is 119 Å². The van der Waals surface area contributed by atoms with Crippen LogP contribution in [0.5, 0.6) is 0 Å². The quantitative estimate of drug-likeness (QED) is 0.739. The molecule has 0 saturated carbocycles. The molecule has 0 saturated heterocycles. The first-order valence-electron chi connectivity index (χ1n) is 6.90. The molecule has 1 heterocycles. The van der Waals surface area contributed by atoms with Gasteiger partial charge in [0, 0.05) is 18.7 Å². The zero-order valence-electron chi connectivity index (χ0n) is 12.9. The molecule has 0 aliphatic heterocycles. The highest BCUT2D eigenvalue weighted by molar-refractivity contribution is 5.73. The van der Waals surface area contributed by atoms with Gasteiger partial charge >= 0.3 is 6.03 Å². The summed E-state index contributed by atoms with van der Waals surface area (Å²) >= 11 is 0. The summed E-state index contributed by atoms with van der Waals surface area (Å²) in [6.07, 6.45) is 0.676. The Morgan fingerprint density at radius 1 is 1.40 bits per heavy atom. The summed E-state index contributed by atoms with van der Waals surface area (Å²) in [5, 5.41) is 19.3. The van der Waals surface area contributed by atoms with Gasteiger partial charge in [-0.25, -0.2) is 4.79 Å². The maximum absolute atomic E-state index is 11.6. The number of hydrogen-bond acceptors (Lipinski definition) is 4. The van der Waals surface area contributed by atoms with E-state index in [1.54, 1.807) is 6.92 Å². The second-order valence-electron chi connectivity index (χ2n) is 5.67. The Hall–Kier alpha value is -1.56. The predicted octanol–water partition coefficient (Wildman–Crippen LogP) is 1.54. The topological polar surface area (TPSA) is 87.4 Å². The van der Waals surface area contributed by atoms with Crippen LogP contribution in [0.25, 0.3) is 0 Å². The number of carbonyl (C=O) groups is 1. The van der Waals surface area contributed by atoms with Gasteiger partial charge in [-0.15, -0.1) is 0 Å².